The average molecular weight is 1260 g/mol. The first-order valence-corrected chi connectivity index (χ1v) is 29.2. The van der Waals surface area contributed by atoms with Gasteiger partial charge in [0.05, 0.1) is 49.3 Å². The van der Waals surface area contributed by atoms with E-state index >= 15 is 0 Å². The number of fused-ring (bicyclic) bond motifs is 2. The van der Waals surface area contributed by atoms with Crippen molar-refractivity contribution in [3.05, 3.63) is 88.4 Å². The number of primary amides is 1. The van der Waals surface area contributed by atoms with Gasteiger partial charge in [-0.3, -0.25) is 38.4 Å². The van der Waals surface area contributed by atoms with E-state index in [4.69, 9.17) is 15.2 Å². The van der Waals surface area contributed by atoms with Crippen LogP contribution in [0.1, 0.15) is 72.4 Å². The molecule has 5 heterocycles. The van der Waals surface area contributed by atoms with Gasteiger partial charge in [0.1, 0.15) is 52.2 Å². The summed E-state index contributed by atoms with van der Waals surface area (Å²) in [5, 5.41) is 117. The number of nitrogens with one attached hydrogen (secondary N) is 5. The van der Waals surface area contributed by atoms with Crippen molar-refractivity contribution in [3.63, 3.8) is 0 Å². The third-order valence-electron chi connectivity index (χ3n) is 15.2. The summed E-state index contributed by atoms with van der Waals surface area (Å²) in [6.45, 7) is 2.92. The fourth-order valence-electron chi connectivity index (χ4n) is 10.4. The number of hydrogen-bond acceptors (Lipinski definition) is 24. The number of aliphatic hydroxyl groups excluding tert-OH is 6. The Balaban J connectivity index is 1.08. The molecule has 472 valence electrons. The Morgan fingerprint density at radius 2 is 1.51 bits per heavy atom. The van der Waals surface area contributed by atoms with Crippen LogP contribution >= 0.6 is 23.7 Å². The summed E-state index contributed by atoms with van der Waals surface area (Å²) >= 11 is 1.35. The number of nitrogens with two attached hydrogens (primary N) is 1. The molecule has 4 aromatic rings. The number of rotatable bonds is 17. The molecule has 0 radical (unpaired) electrons. The molecule has 8 rings (SSSR count). The molecule has 4 aliphatic rings. The van der Waals surface area contributed by atoms with Crippen LogP contribution in [0.15, 0.2) is 71.8 Å². The minimum absolute atomic E-state index is 0.000975. The molecule has 31 nitrogen and oxygen atoms in total. The Bertz CT molecular complexity index is 3280. The number of amides is 8. The zero-order valence-electron chi connectivity index (χ0n) is 47.4. The molecule has 13 unspecified atom stereocenters. The SMILES string of the molecule is CCc1ccc([N+]2=CC(c3nnc(-c4ccc(C(=O)N[C@H]5CC(O)CNC(=O)C6C(O)C(C)CN6C(=O)C(C(O)CC(N)=O)NC(=O)C(C(O)Cc6ccc(O)c(OSOOO)c6)NC(=O)C6CC(O)CN6C(=O)C(C(C)O)NC5=O)cc4)s3)C=N2)cc1. The topological polar surface area (TPSA) is 460 Å². The number of aryl methyl sites for hydroxylation is 1. The minimum atomic E-state index is -2.22. The number of aromatic nitrogens is 2. The lowest BCUT2D eigenvalue weighted by Crippen LogP contribution is -2.64. The fraction of sp³-hybridized carbons (Fsp3) is 0.455. The quantitative estimate of drug-likeness (QED) is 0.0166. The van der Waals surface area contributed by atoms with E-state index in [1.807, 2.05) is 30.5 Å². The lowest BCUT2D eigenvalue weighted by Gasteiger charge is -2.33. The molecule has 0 spiro atoms. The number of carbonyl (C=O) groups excluding carboxylic acids is 8. The van der Waals surface area contributed by atoms with E-state index in [9.17, 15) is 74.1 Å². The van der Waals surface area contributed by atoms with Crippen LogP contribution in [0.25, 0.3) is 10.6 Å². The molecule has 1 aromatic heterocycles. The first-order valence-electron chi connectivity index (χ1n) is 27.8. The van der Waals surface area contributed by atoms with Crippen LogP contribution in [0.5, 0.6) is 11.5 Å². The number of hydrazone groups is 1. The highest BCUT2D eigenvalue weighted by molar-refractivity contribution is 7.90. The van der Waals surface area contributed by atoms with Crippen LogP contribution in [0.3, 0.4) is 0 Å². The molecule has 0 bridgehead atoms. The molecular weight excluding hydrogens is 1200 g/mol. The van der Waals surface area contributed by atoms with Gasteiger partial charge in [-0.05, 0) is 53.8 Å². The van der Waals surface area contributed by atoms with Gasteiger partial charge in [-0.2, -0.15) is 0 Å². The normalized spacial score (nSPS) is 26.8. The number of phenols is 1. The maximum absolute atomic E-state index is 14.7. The molecule has 3 saturated heterocycles. The number of benzene rings is 3. The third-order valence-corrected chi connectivity index (χ3v) is 16.6. The van der Waals surface area contributed by atoms with E-state index < -0.39 is 177 Å². The van der Waals surface area contributed by atoms with Crippen molar-refractivity contribution < 1.29 is 97.6 Å². The van der Waals surface area contributed by atoms with Crippen molar-refractivity contribution in [2.75, 3.05) is 19.6 Å². The van der Waals surface area contributed by atoms with Gasteiger partial charge in [0, 0.05) is 68.1 Å². The van der Waals surface area contributed by atoms with E-state index in [-0.39, 0.29) is 35.1 Å². The number of β-amino-alcohol motifs (C(OH)–C–C–N with tert-alkyl or cyclic N) is 1. The minimum Gasteiger partial charge on any atom is -0.504 e. The zero-order valence-corrected chi connectivity index (χ0v) is 49.0. The number of aromatic hydroxyl groups is 1. The van der Waals surface area contributed by atoms with E-state index in [2.05, 4.69) is 58.2 Å². The predicted octanol–water partition coefficient (Wildman–Crippen LogP) is -2.84. The van der Waals surface area contributed by atoms with Crippen LogP contribution in [-0.4, -0.2) is 218 Å². The smallest absolute Gasteiger partial charge is 0.261 e. The zero-order chi connectivity index (χ0) is 63.7. The summed E-state index contributed by atoms with van der Waals surface area (Å²) in [7, 11) is 0. The van der Waals surface area contributed by atoms with Crippen LogP contribution in [0, 0.1) is 5.92 Å². The highest BCUT2D eigenvalue weighted by Crippen LogP contribution is 2.33. The standard InChI is InChI=1S/C55H66N12O19S2/c1-4-27-5-12-32(13-6-27)67-23-31(20-58-67)53-64-63-52(87-53)30-10-8-29(9-11-30)47(76)59-35-17-33(69)21-57-51(80)45-46(75)25(2)22-66(45)55(82)44(39(73)19-41(56)74)62-50(79)43(38(72)15-28-7-14-37(71)40(16-28)84-88-86-85-83)61-49(78)36-18-34(70)24-65(36)54(81)42(26(3)68)60-48(35)77/h5-14,16,20,23,25-26,31,33-36,38-39,42-46,68-70,72-73,75H,4,15,17-19,21-22,24H2,1-3H3,(H8-,56,57,59,60,61,62,71,74,76,77,78,79,80,83)/p+1/t25?,26?,31?,33?,34?,35-,36?,38?,39?,42?,43?,44?,45?,46?/m0/s1. The second-order valence-corrected chi connectivity index (χ2v) is 23.0. The first kappa shape index (κ1) is 65.9. The summed E-state index contributed by atoms with van der Waals surface area (Å²) in [6, 6.07) is 5.84. The second kappa shape index (κ2) is 29.3. The number of aliphatic hydroxyl groups is 6. The van der Waals surface area contributed by atoms with Gasteiger partial charge in [0.2, 0.25) is 47.0 Å². The van der Waals surface area contributed by atoms with E-state index in [0.717, 1.165) is 41.0 Å². The van der Waals surface area contributed by atoms with Gasteiger partial charge >= 0.3 is 0 Å². The first-order chi connectivity index (χ1) is 41.9. The summed E-state index contributed by atoms with van der Waals surface area (Å²) in [4.78, 5) is 115. The van der Waals surface area contributed by atoms with E-state index in [1.54, 1.807) is 23.0 Å². The van der Waals surface area contributed by atoms with Crippen molar-refractivity contribution in [1.29, 1.82) is 0 Å². The highest BCUT2D eigenvalue weighted by Gasteiger charge is 2.50. The summed E-state index contributed by atoms with van der Waals surface area (Å²) in [5.41, 5.74) is 8.12. The van der Waals surface area contributed by atoms with Crippen molar-refractivity contribution in [3.8, 4) is 22.1 Å². The molecule has 14 atom stereocenters. The molecule has 3 aromatic carbocycles. The van der Waals surface area contributed by atoms with E-state index in [0.29, 0.717) is 15.6 Å². The van der Waals surface area contributed by atoms with Crippen LogP contribution < -0.4 is 36.5 Å². The largest absolute Gasteiger partial charge is 0.504 e. The Hall–Kier alpha value is -8.09. The number of phenolic OH excluding ortho intramolecular Hbond substituents is 1. The molecule has 0 aliphatic carbocycles. The highest BCUT2D eigenvalue weighted by atomic mass is 32.2. The Kier molecular flexibility index (Phi) is 21.9. The van der Waals surface area contributed by atoms with Gasteiger partial charge in [0.15, 0.2) is 17.7 Å². The molecule has 4 aliphatic heterocycles. The number of hydrogen-bond donors (Lipinski definition) is 14. The van der Waals surface area contributed by atoms with Crippen molar-refractivity contribution >= 4 is 89.0 Å². The maximum Gasteiger partial charge on any atom is 0.261 e. The summed E-state index contributed by atoms with van der Waals surface area (Å²) in [5.74, 6) is -11.4. The molecule has 33 heteroatoms. The molecule has 88 heavy (non-hydrogen) atoms. The van der Waals surface area contributed by atoms with Crippen molar-refractivity contribution in [2.45, 2.75) is 132 Å². The molecule has 3 fully saturated rings. The molecule has 0 saturated carbocycles. The van der Waals surface area contributed by atoms with Crippen molar-refractivity contribution in [1.82, 2.24) is 46.6 Å². The lowest BCUT2D eigenvalue weighted by atomic mass is 9.98. The lowest BCUT2D eigenvalue weighted by molar-refractivity contribution is -0.437. The van der Waals surface area contributed by atoms with Crippen molar-refractivity contribution in [2.24, 2.45) is 16.8 Å². The Morgan fingerprint density at radius 1 is 0.830 bits per heavy atom. The Labute approximate surface area is 509 Å². The number of carbonyl (C=O) groups is 8. The maximum atomic E-state index is 14.7. The van der Waals surface area contributed by atoms with E-state index in [1.165, 1.54) is 42.0 Å². The van der Waals surface area contributed by atoms with Crippen LogP contribution in [0.4, 0.5) is 5.69 Å². The van der Waals surface area contributed by atoms with Gasteiger partial charge in [0.25, 0.3) is 18.2 Å². The van der Waals surface area contributed by atoms with Gasteiger partial charge in [-0.15, -0.1) is 10.2 Å². The van der Waals surface area contributed by atoms with Gasteiger partial charge in [-0.1, -0.05) is 69.6 Å². The second-order valence-electron chi connectivity index (χ2n) is 21.6. The monoisotopic (exact) mass is 1260 g/mol. The molecular formula is C55H67N12O19S2+. The molecule has 15 N–H and O–H groups in total. The van der Waals surface area contributed by atoms with Gasteiger partial charge < -0.3 is 82.0 Å². The van der Waals surface area contributed by atoms with Crippen LogP contribution in [-0.2, 0) is 55.8 Å². The summed E-state index contributed by atoms with van der Waals surface area (Å²) < 4.78 is 11.0. The summed E-state index contributed by atoms with van der Waals surface area (Å²) in [6.07, 6.45) is -9.10. The number of nitrogens with zero attached hydrogens (tertiary/aromatic N) is 6. The predicted molar refractivity (Wildman–Crippen MR) is 308 cm³/mol. The Morgan fingerprint density at radius 3 is 2.19 bits per heavy atom. The molecule has 8 amide bonds. The fourth-order valence-corrected chi connectivity index (χ4v) is 11.6. The third kappa shape index (κ3) is 15.8. The van der Waals surface area contributed by atoms with Crippen LogP contribution in [0.2, 0.25) is 0 Å². The van der Waals surface area contributed by atoms with Gasteiger partial charge in [-0.25, -0.2) is 5.26 Å². The average Bonchev–Trinajstić information content (AvgIpc) is 1.93.